The van der Waals surface area contributed by atoms with Gasteiger partial charge in [0, 0.05) is 13.7 Å². The van der Waals surface area contributed by atoms with E-state index in [1.54, 1.807) is 7.11 Å². The molecule has 0 aromatic carbocycles. The monoisotopic (exact) mass is 143 g/mol. The van der Waals surface area contributed by atoms with Gasteiger partial charge in [0.25, 0.3) is 0 Å². The summed E-state index contributed by atoms with van der Waals surface area (Å²) >= 11 is 0. The molecule has 0 saturated heterocycles. The van der Waals surface area contributed by atoms with Crippen molar-refractivity contribution in [2.45, 2.75) is 25.9 Å². The van der Waals surface area contributed by atoms with E-state index in [1.165, 1.54) is 0 Å². The van der Waals surface area contributed by atoms with Crippen molar-refractivity contribution in [3.8, 4) is 0 Å². The van der Waals surface area contributed by atoms with E-state index in [0.717, 1.165) is 6.42 Å². The second-order valence-electron chi connectivity index (χ2n) is 2.88. The number of ether oxygens (including phenoxy) is 1. The largest absolute Gasteiger partial charge is 0.378 e. The Bertz CT molecular complexity index is 108. The molecule has 0 aliphatic carbocycles. The van der Waals surface area contributed by atoms with Crippen LogP contribution in [0.1, 0.15) is 20.3 Å². The van der Waals surface area contributed by atoms with Gasteiger partial charge in [0.1, 0.15) is 0 Å². The Hall–Kier alpha value is -0.340. The normalized spacial score (nSPS) is 12.8. The molecule has 0 saturated carbocycles. The molecular formula is C8H17NO. The highest BCUT2D eigenvalue weighted by Crippen LogP contribution is 2.12. The number of rotatable bonds is 4. The Labute approximate surface area is 63.1 Å². The summed E-state index contributed by atoms with van der Waals surface area (Å²) in [7, 11) is 1.72. The standard InChI is InChI=1S/C8H17NO/c1-8(2,10-3)6-4-5-7-9/h4-5H,6-7,9H2,1-3H3/b5-4+. The zero-order chi connectivity index (χ0) is 8.04. The van der Waals surface area contributed by atoms with Gasteiger partial charge >= 0.3 is 0 Å². The quantitative estimate of drug-likeness (QED) is 0.602. The van der Waals surface area contributed by atoms with Crippen LogP contribution in [0.4, 0.5) is 0 Å². The maximum Gasteiger partial charge on any atom is 0.0657 e. The van der Waals surface area contributed by atoms with Crippen LogP contribution >= 0.6 is 0 Å². The molecule has 0 spiro atoms. The summed E-state index contributed by atoms with van der Waals surface area (Å²) < 4.78 is 5.19. The third kappa shape index (κ3) is 4.53. The van der Waals surface area contributed by atoms with Crippen molar-refractivity contribution in [3.05, 3.63) is 12.2 Å². The minimum atomic E-state index is -0.0499. The van der Waals surface area contributed by atoms with E-state index in [-0.39, 0.29) is 5.60 Å². The van der Waals surface area contributed by atoms with Crippen molar-refractivity contribution < 1.29 is 4.74 Å². The lowest BCUT2D eigenvalue weighted by Crippen LogP contribution is -2.20. The fourth-order valence-corrected chi connectivity index (χ4v) is 0.547. The van der Waals surface area contributed by atoms with Crippen LogP contribution in [0.25, 0.3) is 0 Å². The minimum Gasteiger partial charge on any atom is -0.378 e. The molecule has 0 amide bonds. The topological polar surface area (TPSA) is 35.2 Å². The minimum absolute atomic E-state index is 0.0499. The third-order valence-electron chi connectivity index (χ3n) is 1.46. The molecule has 0 aliphatic heterocycles. The van der Waals surface area contributed by atoms with Gasteiger partial charge in [-0.1, -0.05) is 12.2 Å². The van der Waals surface area contributed by atoms with E-state index in [0.29, 0.717) is 6.54 Å². The molecule has 0 bridgehead atoms. The first-order valence-electron chi connectivity index (χ1n) is 3.52. The summed E-state index contributed by atoms with van der Waals surface area (Å²) in [4.78, 5) is 0. The summed E-state index contributed by atoms with van der Waals surface area (Å²) in [6.45, 7) is 4.71. The van der Waals surface area contributed by atoms with Gasteiger partial charge in [-0.15, -0.1) is 0 Å². The van der Waals surface area contributed by atoms with Crippen LogP contribution in [-0.4, -0.2) is 19.3 Å². The van der Waals surface area contributed by atoms with Gasteiger partial charge in [-0.3, -0.25) is 0 Å². The lowest BCUT2D eigenvalue weighted by molar-refractivity contribution is 0.0255. The highest BCUT2D eigenvalue weighted by molar-refractivity contribution is 4.88. The lowest BCUT2D eigenvalue weighted by Gasteiger charge is -2.20. The Balaban J connectivity index is 3.56. The van der Waals surface area contributed by atoms with E-state index >= 15 is 0 Å². The summed E-state index contributed by atoms with van der Waals surface area (Å²) in [5, 5.41) is 0. The summed E-state index contributed by atoms with van der Waals surface area (Å²) in [6, 6.07) is 0. The fourth-order valence-electron chi connectivity index (χ4n) is 0.547. The molecule has 0 heterocycles. The molecule has 10 heavy (non-hydrogen) atoms. The smallest absolute Gasteiger partial charge is 0.0657 e. The molecule has 2 nitrogen and oxygen atoms in total. The highest BCUT2D eigenvalue weighted by Gasteiger charge is 2.12. The lowest BCUT2D eigenvalue weighted by atomic mass is 10.1. The molecule has 0 aromatic heterocycles. The van der Waals surface area contributed by atoms with Crippen LogP contribution < -0.4 is 5.73 Å². The molecule has 0 rings (SSSR count). The number of hydrogen-bond acceptors (Lipinski definition) is 2. The Morgan fingerprint density at radius 2 is 2.00 bits per heavy atom. The predicted molar refractivity (Wildman–Crippen MR) is 43.9 cm³/mol. The van der Waals surface area contributed by atoms with Crippen molar-refractivity contribution in [2.75, 3.05) is 13.7 Å². The van der Waals surface area contributed by atoms with Gasteiger partial charge < -0.3 is 10.5 Å². The molecule has 2 heteroatoms. The van der Waals surface area contributed by atoms with E-state index in [4.69, 9.17) is 10.5 Å². The molecule has 0 radical (unpaired) electrons. The summed E-state index contributed by atoms with van der Waals surface area (Å²) in [5.41, 5.74) is 5.22. The van der Waals surface area contributed by atoms with Crippen LogP contribution in [0.15, 0.2) is 12.2 Å². The van der Waals surface area contributed by atoms with E-state index in [1.807, 2.05) is 26.0 Å². The zero-order valence-corrected chi connectivity index (χ0v) is 7.05. The van der Waals surface area contributed by atoms with Gasteiger partial charge in [-0.2, -0.15) is 0 Å². The van der Waals surface area contributed by atoms with Crippen molar-refractivity contribution in [1.29, 1.82) is 0 Å². The van der Waals surface area contributed by atoms with E-state index < -0.39 is 0 Å². The summed E-state index contributed by atoms with van der Waals surface area (Å²) in [5.74, 6) is 0. The molecular weight excluding hydrogens is 126 g/mol. The van der Waals surface area contributed by atoms with Crippen molar-refractivity contribution in [3.63, 3.8) is 0 Å². The number of hydrogen-bond donors (Lipinski definition) is 1. The number of methoxy groups -OCH3 is 1. The van der Waals surface area contributed by atoms with Crippen LogP contribution in [-0.2, 0) is 4.74 Å². The van der Waals surface area contributed by atoms with E-state index in [2.05, 4.69) is 0 Å². The number of nitrogens with two attached hydrogens (primary N) is 1. The first-order valence-corrected chi connectivity index (χ1v) is 3.52. The molecule has 0 atom stereocenters. The van der Waals surface area contributed by atoms with Crippen LogP contribution in [0.2, 0.25) is 0 Å². The molecule has 0 aromatic rings. The maximum atomic E-state index is 5.27. The first-order chi connectivity index (χ1) is 4.62. The zero-order valence-electron chi connectivity index (χ0n) is 7.05. The Morgan fingerprint density at radius 1 is 1.40 bits per heavy atom. The van der Waals surface area contributed by atoms with Crippen molar-refractivity contribution in [1.82, 2.24) is 0 Å². The van der Waals surface area contributed by atoms with Gasteiger partial charge in [0.2, 0.25) is 0 Å². The Morgan fingerprint density at radius 3 is 2.40 bits per heavy atom. The van der Waals surface area contributed by atoms with Crippen LogP contribution in [0, 0.1) is 0 Å². The highest BCUT2D eigenvalue weighted by atomic mass is 16.5. The Kier molecular flexibility index (Phi) is 4.32. The molecule has 0 fully saturated rings. The average molecular weight is 143 g/mol. The average Bonchev–Trinajstić information content (AvgIpc) is 1.89. The molecule has 60 valence electrons. The van der Waals surface area contributed by atoms with Gasteiger partial charge in [0.15, 0.2) is 0 Å². The van der Waals surface area contributed by atoms with E-state index in [9.17, 15) is 0 Å². The third-order valence-corrected chi connectivity index (χ3v) is 1.46. The molecule has 0 unspecified atom stereocenters. The second kappa shape index (κ2) is 4.47. The predicted octanol–water partition coefficient (Wildman–Crippen LogP) is 1.32. The molecule has 2 N–H and O–H groups in total. The first kappa shape index (κ1) is 9.66. The maximum absolute atomic E-state index is 5.27. The van der Waals surface area contributed by atoms with Crippen molar-refractivity contribution >= 4 is 0 Å². The molecule has 0 aliphatic rings. The van der Waals surface area contributed by atoms with Gasteiger partial charge in [0.05, 0.1) is 5.60 Å². The fraction of sp³-hybridized carbons (Fsp3) is 0.750. The van der Waals surface area contributed by atoms with Gasteiger partial charge in [-0.25, -0.2) is 0 Å². The SMILES string of the molecule is COC(C)(C)C/C=C/CN. The van der Waals surface area contributed by atoms with Crippen LogP contribution in [0.5, 0.6) is 0 Å². The van der Waals surface area contributed by atoms with Gasteiger partial charge in [-0.05, 0) is 20.3 Å². The summed E-state index contributed by atoms with van der Waals surface area (Å²) in [6.07, 6.45) is 4.91. The van der Waals surface area contributed by atoms with Crippen LogP contribution in [0.3, 0.4) is 0 Å². The second-order valence-corrected chi connectivity index (χ2v) is 2.88. The van der Waals surface area contributed by atoms with Crippen molar-refractivity contribution in [2.24, 2.45) is 5.73 Å².